The van der Waals surface area contributed by atoms with E-state index in [1.54, 1.807) is 30.2 Å². The minimum atomic E-state index is -0.312. The number of benzene rings is 2. The van der Waals surface area contributed by atoms with Crippen LogP contribution in [0.5, 0.6) is 5.75 Å². The Morgan fingerprint density at radius 2 is 1.86 bits per heavy atom. The molecule has 0 bridgehead atoms. The third-order valence-corrected chi connectivity index (χ3v) is 5.73. The number of hydrogen-bond acceptors (Lipinski definition) is 5. The summed E-state index contributed by atoms with van der Waals surface area (Å²) in [7, 11) is 1.55. The van der Waals surface area contributed by atoms with E-state index in [0.29, 0.717) is 28.5 Å². The Kier molecular flexibility index (Phi) is 8.37. The van der Waals surface area contributed by atoms with Gasteiger partial charge in [-0.2, -0.15) is 0 Å². The Balaban J connectivity index is 0.00000300. The molecule has 2 aromatic carbocycles. The van der Waals surface area contributed by atoms with Gasteiger partial charge in [0.25, 0.3) is 5.91 Å². The first-order valence-corrected chi connectivity index (χ1v) is 10.1. The third-order valence-electron chi connectivity index (χ3n) is 4.69. The molecular formula is C21H25ClFN3O2S. The van der Waals surface area contributed by atoms with Crippen molar-refractivity contribution in [1.82, 2.24) is 9.88 Å². The monoisotopic (exact) mass is 437 g/mol. The summed E-state index contributed by atoms with van der Waals surface area (Å²) in [6, 6.07) is 11.6. The van der Waals surface area contributed by atoms with E-state index in [1.165, 1.54) is 23.5 Å². The van der Waals surface area contributed by atoms with Crippen LogP contribution in [0.1, 0.15) is 24.2 Å². The first-order chi connectivity index (χ1) is 13.6. The number of fused-ring (bicyclic) bond motifs is 1. The van der Waals surface area contributed by atoms with E-state index < -0.39 is 0 Å². The Labute approximate surface area is 180 Å². The van der Waals surface area contributed by atoms with Gasteiger partial charge in [-0.15, -0.1) is 12.4 Å². The fraction of sp³-hybridized carbons (Fsp3) is 0.333. The van der Waals surface area contributed by atoms with Crippen LogP contribution < -0.4 is 9.64 Å². The van der Waals surface area contributed by atoms with E-state index in [2.05, 4.69) is 23.7 Å². The fourth-order valence-electron chi connectivity index (χ4n) is 3.03. The highest BCUT2D eigenvalue weighted by Crippen LogP contribution is 2.31. The van der Waals surface area contributed by atoms with Crippen LogP contribution in [0.2, 0.25) is 0 Å². The lowest BCUT2D eigenvalue weighted by atomic mass is 10.1. The van der Waals surface area contributed by atoms with Crippen molar-refractivity contribution in [3.63, 3.8) is 0 Å². The molecule has 5 nitrogen and oxygen atoms in total. The third kappa shape index (κ3) is 5.23. The zero-order valence-corrected chi connectivity index (χ0v) is 18.4. The van der Waals surface area contributed by atoms with Crippen LogP contribution in [0, 0.1) is 5.82 Å². The quantitative estimate of drug-likeness (QED) is 0.505. The Bertz CT molecular complexity index is 962. The smallest absolute Gasteiger partial charge is 0.263 e. The molecule has 0 spiro atoms. The van der Waals surface area contributed by atoms with E-state index in [1.807, 2.05) is 12.1 Å². The van der Waals surface area contributed by atoms with E-state index in [0.717, 1.165) is 24.3 Å². The van der Waals surface area contributed by atoms with Gasteiger partial charge in [0.2, 0.25) is 0 Å². The van der Waals surface area contributed by atoms with Crippen LogP contribution in [0.15, 0.2) is 42.5 Å². The molecule has 0 aliphatic rings. The molecule has 1 heterocycles. The van der Waals surface area contributed by atoms with Gasteiger partial charge >= 0.3 is 0 Å². The summed E-state index contributed by atoms with van der Waals surface area (Å²) in [5.74, 6) is 0.0325. The zero-order chi connectivity index (χ0) is 20.1. The number of amides is 1. The summed E-state index contributed by atoms with van der Waals surface area (Å²) in [4.78, 5) is 21.9. The lowest BCUT2D eigenvalue weighted by Crippen LogP contribution is -2.39. The molecule has 0 fully saturated rings. The maximum atomic E-state index is 13.6. The molecule has 0 radical (unpaired) electrons. The highest BCUT2D eigenvalue weighted by molar-refractivity contribution is 7.22. The Morgan fingerprint density at radius 1 is 1.14 bits per heavy atom. The number of hydrogen-bond donors (Lipinski definition) is 0. The van der Waals surface area contributed by atoms with Crippen molar-refractivity contribution in [3.05, 3.63) is 53.8 Å². The Hall–Kier alpha value is -2.22. The average Bonchev–Trinajstić information content (AvgIpc) is 3.13. The molecule has 0 aliphatic heterocycles. The maximum Gasteiger partial charge on any atom is 0.263 e. The predicted molar refractivity (Wildman–Crippen MR) is 119 cm³/mol. The van der Waals surface area contributed by atoms with E-state index in [4.69, 9.17) is 4.74 Å². The molecule has 156 valence electrons. The predicted octanol–water partition coefficient (Wildman–Crippen LogP) is 4.85. The van der Waals surface area contributed by atoms with E-state index in [9.17, 15) is 9.18 Å². The summed E-state index contributed by atoms with van der Waals surface area (Å²) in [6.45, 7) is 7.20. The molecule has 0 saturated heterocycles. The molecule has 1 amide bonds. The van der Waals surface area contributed by atoms with Crippen LogP contribution in [0.25, 0.3) is 10.2 Å². The van der Waals surface area contributed by atoms with Crippen molar-refractivity contribution in [2.75, 3.05) is 38.2 Å². The average molecular weight is 438 g/mol. The minimum Gasteiger partial charge on any atom is -0.496 e. The van der Waals surface area contributed by atoms with Gasteiger partial charge < -0.3 is 9.64 Å². The summed E-state index contributed by atoms with van der Waals surface area (Å²) in [6.07, 6.45) is 0. The maximum absolute atomic E-state index is 13.6. The Morgan fingerprint density at radius 3 is 2.55 bits per heavy atom. The van der Waals surface area contributed by atoms with Gasteiger partial charge in [0, 0.05) is 13.1 Å². The van der Waals surface area contributed by atoms with Gasteiger partial charge in [-0.05, 0) is 43.4 Å². The molecule has 0 atom stereocenters. The van der Waals surface area contributed by atoms with Crippen molar-refractivity contribution < 1.29 is 13.9 Å². The molecule has 8 heteroatoms. The summed E-state index contributed by atoms with van der Waals surface area (Å²) < 4.78 is 19.7. The normalized spacial score (nSPS) is 10.8. The molecule has 29 heavy (non-hydrogen) atoms. The molecule has 0 aliphatic carbocycles. The highest BCUT2D eigenvalue weighted by Gasteiger charge is 2.24. The van der Waals surface area contributed by atoms with Gasteiger partial charge in [0.15, 0.2) is 5.13 Å². The number of carbonyl (C=O) groups is 1. The molecular weight excluding hydrogens is 413 g/mol. The van der Waals surface area contributed by atoms with Crippen LogP contribution in [0.3, 0.4) is 0 Å². The molecule has 0 saturated carbocycles. The number of rotatable bonds is 8. The summed E-state index contributed by atoms with van der Waals surface area (Å²) in [5, 5.41) is 0.559. The molecule has 1 aromatic heterocycles. The number of methoxy groups -OCH3 is 1. The molecule has 3 aromatic rings. The van der Waals surface area contributed by atoms with Crippen LogP contribution in [-0.2, 0) is 0 Å². The van der Waals surface area contributed by atoms with Crippen LogP contribution >= 0.6 is 23.7 Å². The molecule has 0 unspecified atom stereocenters. The lowest BCUT2D eigenvalue weighted by molar-refractivity contribution is 0.0981. The number of likely N-dealkylation sites (N-methyl/N-ethyl adjacent to an activating group) is 1. The topological polar surface area (TPSA) is 45.7 Å². The van der Waals surface area contributed by atoms with Gasteiger partial charge in [-0.3, -0.25) is 9.69 Å². The van der Waals surface area contributed by atoms with Crippen molar-refractivity contribution in [3.8, 4) is 5.75 Å². The second-order valence-electron chi connectivity index (χ2n) is 6.29. The van der Waals surface area contributed by atoms with Crippen molar-refractivity contribution in [2.45, 2.75) is 13.8 Å². The van der Waals surface area contributed by atoms with Gasteiger partial charge in [0.1, 0.15) is 11.6 Å². The number of anilines is 1. The molecule has 3 rings (SSSR count). The zero-order valence-electron chi connectivity index (χ0n) is 16.7. The van der Waals surface area contributed by atoms with Crippen LogP contribution in [0.4, 0.5) is 9.52 Å². The van der Waals surface area contributed by atoms with Gasteiger partial charge in [-0.25, -0.2) is 9.37 Å². The standard InChI is InChI=1S/C21H24FN3O2S.ClH/c1-4-24(5-2)12-13-25(20(26)16-8-6-7-9-18(16)27-3)21-23-17-11-10-15(22)14-19(17)28-21;/h6-11,14H,4-5,12-13H2,1-3H3;1H. The van der Waals surface area contributed by atoms with Gasteiger partial charge in [0.05, 0.1) is 22.9 Å². The fourth-order valence-corrected chi connectivity index (χ4v) is 4.05. The van der Waals surface area contributed by atoms with E-state index in [-0.39, 0.29) is 24.1 Å². The summed E-state index contributed by atoms with van der Waals surface area (Å²) >= 11 is 1.32. The second kappa shape index (κ2) is 10.5. The lowest BCUT2D eigenvalue weighted by Gasteiger charge is -2.25. The first kappa shape index (κ1) is 23.1. The van der Waals surface area contributed by atoms with Crippen molar-refractivity contribution >= 4 is 45.0 Å². The number of halogens is 2. The van der Waals surface area contributed by atoms with E-state index >= 15 is 0 Å². The number of carbonyl (C=O) groups excluding carboxylic acids is 1. The molecule has 0 N–H and O–H groups in total. The number of thiazole rings is 1. The SMILES string of the molecule is CCN(CC)CCN(C(=O)c1ccccc1OC)c1nc2ccc(F)cc2s1.Cl. The number of ether oxygens (including phenoxy) is 1. The number of nitrogens with zero attached hydrogens (tertiary/aromatic N) is 3. The first-order valence-electron chi connectivity index (χ1n) is 9.30. The number of aromatic nitrogens is 1. The van der Waals surface area contributed by atoms with Crippen LogP contribution in [-0.4, -0.2) is 49.1 Å². The number of para-hydroxylation sites is 1. The summed E-state index contributed by atoms with van der Waals surface area (Å²) in [5.41, 5.74) is 1.16. The largest absolute Gasteiger partial charge is 0.496 e. The highest BCUT2D eigenvalue weighted by atomic mass is 35.5. The van der Waals surface area contributed by atoms with Crippen molar-refractivity contribution in [1.29, 1.82) is 0 Å². The van der Waals surface area contributed by atoms with Crippen molar-refractivity contribution in [2.24, 2.45) is 0 Å². The second-order valence-corrected chi connectivity index (χ2v) is 7.30. The minimum absolute atomic E-state index is 0. The van der Waals surface area contributed by atoms with Gasteiger partial charge in [-0.1, -0.05) is 37.3 Å².